The second-order valence-corrected chi connectivity index (χ2v) is 5.32. The molecule has 0 fully saturated rings. The zero-order chi connectivity index (χ0) is 14.1. The Labute approximate surface area is 117 Å². The lowest BCUT2D eigenvalue weighted by atomic mass is 9.84. The molecule has 3 rings (SSSR count). The van der Waals surface area contributed by atoms with Crippen molar-refractivity contribution in [1.29, 1.82) is 0 Å². The number of carboxylic acids is 1. The van der Waals surface area contributed by atoms with E-state index in [9.17, 15) is 9.90 Å². The zero-order valence-corrected chi connectivity index (χ0v) is 11.0. The summed E-state index contributed by atoms with van der Waals surface area (Å²) in [4.78, 5) is 11.1. The summed E-state index contributed by atoms with van der Waals surface area (Å²) in [7, 11) is 0. The number of fused-ring (bicyclic) bond motifs is 2. The van der Waals surface area contributed by atoms with E-state index < -0.39 is 5.97 Å². The Kier molecular flexibility index (Phi) is 3.18. The van der Waals surface area contributed by atoms with E-state index in [1.165, 1.54) is 0 Å². The monoisotopic (exact) mass is 268 g/mol. The van der Waals surface area contributed by atoms with Crippen LogP contribution in [0, 0.1) is 11.8 Å². The third-order valence-corrected chi connectivity index (χ3v) is 3.92. The predicted octanol–water partition coefficient (Wildman–Crippen LogP) is 3.34. The van der Waals surface area contributed by atoms with Gasteiger partial charge in [-0.25, -0.2) is 0 Å². The average molecular weight is 268 g/mol. The Morgan fingerprint density at radius 1 is 1.25 bits per heavy atom. The lowest BCUT2D eigenvalue weighted by molar-refractivity contribution is -0.135. The molecular formula is C17H16O3. The summed E-state index contributed by atoms with van der Waals surface area (Å²) in [5.74, 6) is -0.193. The number of hydrogen-bond donors (Lipinski definition) is 2. The van der Waals surface area contributed by atoms with Gasteiger partial charge in [0.1, 0.15) is 5.76 Å². The minimum atomic E-state index is -0.817. The molecule has 2 unspecified atom stereocenters. The van der Waals surface area contributed by atoms with Crippen LogP contribution in [0.25, 0.3) is 5.57 Å². The molecule has 2 N–H and O–H groups in total. The van der Waals surface area contributed by atoms with E-state index in [0.29, 0.717) is 5.76 Å². The molecule has 0 heterocycles. The van der Waals surface area contributed by atoms with Crippen LogP contribution in [0.15, 0.2) is 54.3 Å². The van der Waals surface area contributed by atoms with Gasteiger partial charge < -0.3 is 10.2 Å². The average Bonchev–Trinajstić information content (AvgIpc) is 2.55. The molecule has 0 aliphatic heterocycles. The number of carboxylic acid groups (broad SMARTS) is 1. The van der Waals surface area contributed by atoms with Crippen LogP contribution in [0.1, 0.15) is 17.5 Å². The van der Waals surface area contributed by atoms with Gasteiger partial charge in [-0.05, 0) is 41.2 Å². The Bertz CT molecular complexity index is 637. The lowest BCUT2D eigenvalue weighted by Gasteiger charge is -2.21. The van der Waals surface area contributed by atoms with E-state index in [1.807, 2.05) is 42.5 Å². The van der Waals surface area contributed by atoms with Crippen LogP contribution < -0.4 is 0 Å². The van der Waals surface area contributed by atoms with E-state index >= 15 is 0 Å². The van der Waals surface area contributed by atoms with Crippen molar-refractivity contribution in [3.8, 4) is 0 Å². The van der Waals surface area contributed by atoms with Crippen LogP contribution in [0.4, 0.5) is 0 Å². The van der Waals surface area contributed by atoms with Crippen molar-refractivity contribution in [3.05, 3.63) is 65.5 Å². The first kappa shape index (κ1) is 12.7. The van der Waals surface area contributed by atoms with Crippen molar-refractivity contribution < 1.29 is 15.0 Å². The van der Waals surface area contributed by atoms with E-state index in [2.05, 4.69) is 0 Å². The first-order valence-corrected chi connectivity index (χ1v) is 6.73. The smallest absolute Gasteiger partial charge is 0.307 e. The standard InChI is InChI=1S/C17H16O3/c18-15-6-5-11-7-14(10-17(19)20)16-4-2-1-3-12(16)8-13(11)9-15/h1-7,9,11,13,18H,8,10H2,(H,19,20). The van der Waals surface area contributed by atoms with Crippen LogP contribution in [0.2, 0.25) is 0 Å². The third kappa shape index (κ3) is 2.39. The Morgan fingerprint density at radius 2 is 2.05 bits per heavy atom. The number of carbonyl (C=O) groups is 1. The maximum Gasteiger partial charge on any atom is 0.307 e. The number of aliphatic hydroxyl groups excluding tert-OH is 1. The van der Waals surface area contributed by atoms with Crippen molar-refractivity contribution in [2.75, 3.05) is 0 Å². The highest BCUT2D eigenvalue weighted by atomic mass is 16.4. The molecule has 0 radical (unpaired) electrons. The summed E-state index contributed by atoms with van der Waals surface area (Å²) in [6.45, 7) is 0. The van der Waals surface area contributed by atoms with Crippen LogP contribution in [-0.2, 0) is 11.2 Å². The first-order valence-electron chi connectivity index (χ1n) is 6.73. The maximum absolute atomic E-state index is 11.1. The van der Waals surface area contributed by atoms with Crippen molar-refractivity contribution in [2.24, 2.45) is 11.8 Å². The highest BCUT2D eigenvalue weighted by Gasteiger charge is 2.26. The Balaban J connectivity index is 2.08. The van der Waals surface area contributed by atoms with Crippen LogP contribution in [0.5, 0.6) is 0 Å². The molecule has 0 saturated heterocycles. The van der Waals surface area contributed by atoms with Gasteiger partial charge in [0.05, 0.1) is 6.42 Å². The highest BCUT2D eigenvalue weighted by Crippen LogP contribution is 2.36. The van der Waals surface area contributed by atoms with E-state index in [1.54, 1.807) is 6.08 Å². The van der Waals surface area contributed by atoms with E-state index in [4.69, 9.17) is 5.11 Å². The van der Waals surface area contributed by atoms with E-state index in [-0.39, 0.29) is 18.3 Å². The topological polar surface area (TPSA) is 57.5 Å². The number of hydrogen-bond acceptors (Lipinski definition) is 2. The molecule has 3 nitrogen and oxygen atoms in total. The number of aliphatic carboxylic acids is 1. The van der Waals surface area contributed by atoms with Crippen molar-refractivity contribution in [2.45, 2.75) is 12.8 Å². The zero-order valence-electron chi connectivity index (χ0n) is 11.0. The lowest BCUT2D eigenvalue weighted by Crippen LogP contribution is -2.14. The minimum Gasteiger partial charge on any atom is -0.508 e. The van der Waals surface area contributed by atoms with Gasteiger partial charge in [-0.3, -0.25) is 4.79 Å². The fourth-order valence-corrected chi connectivity index (χ4v) is 3.02. The fourth-order valence-electron chi connectivity index (χ4n) is 3.02. The number of rotatable bonds is 2. The van der Waals surface area contributed by atoms with Crippen LogP contribution >= 0.6 is 0 Å². The van der Waals surface area contributed by atoms with Gasteiger partial charge in [0.25, 0.3) is 0 Å². The molecule has 1 aromatic rings. The first-order chi connectivity index (χ1) is 9.63. The van der Waals surface area contributed by atoms with Gasteiger partial charge in [-0.1, -0.05) is 36.4 Å². The van der Waals surface area contributed by atoms with Gasteiger partial charge in [-0.2, -0.15) is 0 Å². The summed E-state index contributed by atoms with van der Waals surface area (Å²) < 4.78 is 0. The van der Waals surface area contributed by atoms with Gasteiger partial charge in [0.15, 0.2) is 0 Å². The van der Waals surface area contributed by atoms with Crippen molar-refractivity contribution in [3.63, 3.8) is 0 Å². The third-order valence-electron chi connectivity index (χ3n) is 3.92. The summed E-state index contributed by atoms with van der Waals surface area (Å²) in [5.41, 5.74) is 3.03. The minimum absolute atomic E-state index is 0.0315. The van der Waals surface area contributed by atoms with Crippen LogP contribution in [0.3, 0.4) is 0 Å². The summed E-state index contributed by atoms with van der Waals surface area (Å²) >= 11 is 0. The molecule has 0 bridgehead atoms. The number of benzene rings is 1. The molecule has 2 aliphatic rings. The molecule has 3 heteroatoms. The molecule has 0 amide bonds. The van der Waals surface area contributed by atoms with Gasteiger partial charge in [-0.15, -0.1) is 0 Å². The second-order valence-electron chi connectivity index (χ2n) is 5.32. The normalized spacial score (nSPS) is 24.0. The van der Waals surface area contributed by atoms with Crippen molar-refractivity contribution in [1.82, 2.24) is 0 Å². The molecule has 0 saturated carbocycles. The summed E-state index contributed by atoms with van der Waals surface area (Å²) in [5, 5.41) is 18.8. The predicted molar refractivity (Wildman–Crippen MR) is 77.2 cm³/mol. The van der Waals surface area contributed by atoms with Gasteiger partial charge in [0, 0.05) is 5.92 Å². The maximum atomic E-state index is 11.1. The van der Waals surface area contributed by atoms with Crippen LogP contribution in [-0.4, -0.2) is 16.2 Å². The molecule has 2 atom stereocenters. The molecule has 0 aromatic heterocycles. The quantitative estimate of drug-likeness (QED) is 0.864. The molecule has 2 aliphatic carbocycles. The SMILES string of the molecule is O=C(O)CC1=CC2C=CC(O)=CC2Cc2ccccc21. The Hall–Kier alpha value is -2.29. The molecule has 102 valence electrons. The molecule has 20 heavy (non-hydrogen) atoms. The fraction of sp³-hybridized carbons (Fsp3) is 0.235. The molecule has 0 spiro atoms. The number of aliphatic hydroxyl groups is 1. The Morgan fingerprint density at radius 3 is 2.85 bits per heavy atom. The largest absolute Gasteiger partial charge is 0.508 e. The van der Waals surface area contributed by atoms with Gasteiger partial charge >= 0.3 is 5.97 Å². The molecular weight excluding hydrogens is 252 g/mol. The summed E-state index contributed by atoms with van der Waals surface area (Å²) in [6.07, 6.45) is 8.38. The van der Waals surface area contributed by atoms with E-state index in [0.717, 1.165) is 23.1 Å². The number of allylic oxidation sites excluding steroid dienone is 4. The van der Waals surface area contributed by atoms with Gasteiger partial charge in [0.2, 0.25) is 0 Å². The highest BCUT2D eigenvalue weighted by molar-refractivity contribution is 5.85. The summed E-state index contributed by atoms with van der Waals surface area (Å²) in [6, 6.07) is 7.93. The van der Waals surface area contributed by atoms with Crippen molar-refractivity contribution >= 4 is 11.5 Å². The second kappa shape index (κ2) is 5.00. The molecule has 1 aromatic carbocycles.